The Hall–Kier alpha value is -0.980. The number of nitrogens with one attached hydrogen (secondary N) is 1. The lowest BCUT2D eigenvalue weighted by molar-refractivity contribution is -0.120. The quantitative estimate of drug-likeness (QED) is 0.730. The lowest BCUT2D eigenvalue weighted by Gasteiger charge is -2.09. The van der Waals surface area contributed by atoms with Crippen LogP contribution in [0.2, 0.25) is 0 Å². The Morgan fingerprint density at radius 3 is 2.84 bits per heavy atom. The molecule has 0 aliphatic carbocycles. The molecule has 108 valence electrons. The summed E-state index contributed by atoms with van der Waals surface area (Å²) in [7, 11) is 5.70. The van der Waals surface area contributed by atoms with E-state index in [-0.39, 0.29) is 5.91 Å². The predicted molar refractivity (Wildman–Crippen MR) is 77.4 cm³/mol. The number of rotatable bonds is 8. The molecule has 0 unspecified atom stereocenters. The molecule has 0 radical (unpaired) electrons. The minimum atomic E-state index is 0.0643. The van der Waals surface area contributed by atoms with Crippen LogP contribution in [0.15, 0.2) is 0 Å². The highest BCUT2D eigenvalue weighted by Crippen LogP contribution is 2.19. The number of methoxy groups -OCH3 is 1. The summed E-state index contributed by atoms with van der Waals surface area (Å²) in [6.45, 7) is 4.15. The Kier molecular flexibility index (Phi) is 6.97. The largest absolute Gasteiger partial charge is 0.378 e. The fraction of sp³-hybridized carbons (Fsp3) is 0.692. The van der Waals surface area contributed by atoms with Crippen molar-refractivity contribution in [2.75, 3.05) is 34.3 Å². The van der Waals surface area contributed by atoms with E-state index in [4.69, 9.17) is 4.74 Å². The highest BCUT2D eigenvalue weighted by molar-refractivity contribution is 7.11. The molecule has 1 heterocycles. The number of aromatic nitrogens is 1. The molecule has 0 saturated heterocycles. The summed E-state index contributed by atoms with van der Waals surface area (Å²) in [6, 6.07) is 0. The SMILES string of the molecule is COCc1nc(C)c(CC(=O)NCCCN(C)C)s1. The monoisotopic (exact) mass is 285 g/mol. The van der Waals surface area contributed by atoms with Crippen molar-refractivity contribution in [1.82, 2.24) is 15.2 Å². The number of amides is 1. The number of hydrogen-bond donors (Lipinski definition) is 1. The van der Waals surface area contributed by atoms with E-state index in [1.165, 1.54) is 0 Å². The molecule has 0 saturated carbocycles. The maximum absolute atomic E-state index is 11.8. The average molecular weight is 285 g/mol. The number of thiazole rings is 1. The van der Waals surface area contributed by atoms with Crippen molar-refractivity contribution in [2.45, 2.75) is 26.4 Å². The molecule has 1 N–H and O–H groups in total. The number of ether oxygens (including phenoxy) is 1. The van der Waals surface area contributed by atoms with Crippen LogP contribution in [-0.4, -0.2) is 50.1 Å². The molecular formula is C13H23N3O2S. The second-order valence-corrected chi connectivity index (χ2v) is 5.90. The van der Waals surface area contributed by atoms with Crippen LogP contribution in [0, 0.1) is 6.92 Å². The molecule has 0 bridgehead atoms. The van der Waals surface area contributed by atoms with Gasteiger partial charge in [0.2, 0.25) is 5.91 Å². The third-order valence-electron chi connectivity index (χ3n) is 2.63. The van der Waals surface area contributed by atoms with Crippen molar-refractivity contribution in [3.05, 3.63) is 15.6 Å². The van der Waals surface area contributed by atoms with Crippen LogP contribution in [0.3, 0.4) is 0 Å². The smallest absolute Gasteiger partial charge is 0.225 e. The number of aryl methyl sites for hydroxylation is 1. The zero-order valence-electron chi connectivity index (χ0n) is 12.2. The normalized spacial score (nSPS) is 11.0. The van der Waals surface area contributed by atoms with Crippen LogP contribution >= 0.6 is 11.3 Å². The Morgan fingerprint density at radius 1 is 1.47 bits per heavy atom. The minimum Gasteiger partial charge on any atom is -0.378 e. The van der Waals surface area contributed by atoms with Gasteiger partial charge >= 0.3 is 0 Å². The van der Waals surface area contributed by atoms with Gasteiger partial charge in [0.05, 0.1) is 18.7 Å². The highest BCUT2D eigenvalue weighted by atomic mass is 32.1. The molecule has 0 aromatic carbocycles. The molecule has 0 fully saturated rings. The first kappa shape index (κ1) is 16.1. The van der Waals surface area contributed by atoms with Gasteiger partial charge < -0.3 is 15.0 Å². The van der Waals surface area contributed by atoms with E-state index in [0.717, 1.165) is 35.1 Å². The van der Waals surface area contributed by atoms with Gasteiger partial charge in [-0.2, -0.15) is 0 Å². The molecule has 1 rings (SSSR count). The van der Waals surface area contributed by atoms with E-state index in [0.29, 0.717) is 13.0 Å². The van der Waals surface area contributed by atoms with E-state index in [2.05, 4.69) is 15.2 Å². The zero-order valence-corrected chi connectivity index (χ0v) is 13.0. The van der Waals surface area contributed by atoms with Crippen molar-refractivity contribution >= 4 is 17.2 Å². The van der Waals surface area contributed by atoms with Crippen LogP contribution < -0.4 is 5.32 Å². The highest BCUT2D eigenvalue weighted by Gasteiger charge is 2.11. The molecule has 0 spiro atoms. The van der Waals surface area contributed by atoms with E-state index < -0.39 is 0 Å². The van der Waals surface area contributed by atoms with Crippen molar-refractivity contribution in [3.8, 4) is 0 Å². The number of nitrogens with zero attached hydrogens (tertiary/aromatic N) is 2. The summed E-state index contributed by atoms with van der Waals surface area (Å²) in [4.78, 5) is 19.3. The number of hydrogen-bond acceptors (Lipinski definition) is 5. The molecule has 0 aliphatic heterocycles. The van der Waals surface area contributed by atoms with Gasteiger partial charge in [0.1, 0.15) is 5.01 Å². The first-order chi connectivity index (χ1) is 9.02. The molecule has 1 aromatic heterocycles. The average Bonchev–Trinajstić information content (AvgIpc) is 2.66. The van der Waals surface area contributed by atoms with Gasteiger partial charge in [-0.3, -0.25) is 4.79 Å². The summed E-state index contributed by atoms with van der Waals surface area (Å²) >= 11 is 1.55. The first-order valence-electron chi connectivity index (χ1n) is 6.38. The van der Waals surface area contributed by atoms with E-state index >= 15 is 0 Å². The maximum Gasteiger partial charge on any atom is 0.225 e. The molecule has 5 nitrogen and oxygen atoms in total. The fourth-order valence-corrected chi connectivity index (χ4v) is 2.71. The van der Waals surface area contributed by atoms with Gasteiger partial charge in [-0.15, -0.1) is 11.3 Å². The molecule has 1 amide bonds. The summed E-state index contributed by atoms with van der Waals surface area (Å²) in [5, 5.41) is 3.86. The lowest BCUT2D eigenvalue weighted by Crippen LogP contribution is -2.28. The van der Waals surface area contributed by atoms with Gasteiger partial charge in [-0.05, 0) is 34.0 Å². The van der Waals surface area contributed by atoms with Gasteiger partial charge in [0.25, 0.3) is 0 Å². The standard InChI is InChI=1S/C13H23N3O2S/c1-10-11(19-13(15-10)9-18-4)8-12(17)14-6-5-7-16(2)3/h5-9H2,1-4H3,(H,14,17). The third kappa shape index (κ3) is 6.13. The Labute approximate surface area is 119 Å². The van der Waals surface area contributed by atoms with Crippen LogP contribution in [0.5, 0.6) is 0 Å². The molecule has 1 aromatic rings. The summed E-state index contributed by atoms with van der Waals surface area (Å²) < 4.78 is 5.05. The number of carbonyl (C=O) groups excluding carboxylic acids is 1. The topological polar surface area (TPSA) is 54.5 Å². The van der Waals surface area contributed by atoms with Gasteiger partial charge in [0.15, 0.2) is 0 Å². The van der Waals surface area contributed by atoms with E-state index in [9.17, 15) is 4.79 Å². The van der Waals surface area contributed by atoms with Crippen LogP contribution in [-0.2, 0) is 22.6 Å². The van der Waals surface area contributed by atoms with E-state index in [1.54, 1.807) is 18.4 Å². The van der Waals surface area contributed by atoms with Gasteiger partial charge in [-0.1, -0.05) is 0 Å². The second-order valence-electron chi connectivity index (χ2n) is 4.73. The first-order valence-corrected chi connectivity index (χ1v) is 7.20. The summed E-state index contributed by atoms with van der Waals surface area (Å²) in [5.74, 6) is 0.0643. The lowest BCUT2D eigenvalue weighted by atomic mass is 10.3. The number of carbonyl (C=O) groups is 1. The van der Waals surface area contributed by atoms with Crippen molar-refractivity contribution < 1.29 is 9.53 Å². The van der Waals surface area contributed by atoms with Gasteiger partial charge in [-0.25, -0.2) is 4.98 Å². The predicted octanol–water partition coefficient (Wildman–Crippen LogP) is 1.21. The van der Waals surface area contributed by atoms with Crippen LogP contribution in [0.4, 0.5) is 0 Å². The molecule has 0 atom stereocenters. The summed E-state index contributed by atoms with van der Waals surface area (Å²) in [5.41, 5.74) is 0.931. The Bertz CT molecular complexity index is 405. The Balaban J connectivity index is 2.35. The maximum atomic E-state index is 11.8. The molecule has 0 aliphatic rings. The second kappa shape index (κ2) is 8.24. The van der Waals surface area contributed by atoms with E-state index in [1.807, 2.05) is 21.0 Å². The third-order valence-corrected chi connectivity index (χ3v) is 3.76. The van der Waals surface area contributed by atoms with Crippen LogP contribution in [0.1, 0.15) is 22.0 Å². The van der Waals surface area contributed by atoms with Crippen molar-refractivity contribution in [3.63, 3.8) is 0 Å². The molecule has 19 heavy (non-hydrogen) atoms. The van der Waals surface area contributed by atoms with Crippen molar-refractivity contribution in [1.29, 1.82) is 0 Å². The molecule has 6 heteroatoms. The zero-order chi connectivity index (χ0) is 14.3. The summed E-state index contributed by atoms with van der Waals surface area (Å²) in [6.07, 6.45) is 1.38. The van der Waals surface area contributed by atoms with Crippen molar-refractivity contribution in [2.24, 2.45) is 0 Å². The fourth-order valence-electron chi connectivity index (χ4n) is 1.67. The van der Waals surface area contributed by atoms with Crippen LogP contribution in [0.25, 0.3) is 0 Å². The minimum absolute atomic E-state index is 0.0643. The van der Waals surface area contributed by atoms with Gasteiger partial charge in [0, 0.05) is 18.5 Å². The molecular weight excluding hydrogens is 262 g/mol. The Morgan fingerprint density at radius 2 is 2.21 bits per heavy atom.